The Balaban J connectivity index is 1.91. The van der Waals surface area contributed by atoms with Crippen LogP contribution in [0.3, 0.4) is 0 Å². The van der Waals surface area contributed by atoms with Crippen molar-refractivity contribution in [2.45, 2.75) is 33.3 Å². The zero-order valence-electron chi connectivity index (χ0n) is 15.7. The Morgan fingerprint density at radius 2 is 1.56 bits per heavy atom. The van der Waals surface area contributed by atoms with Crippen LogP contribution in [0, 0.1) is 0 Å². The molecule has 1 amide bonds. The van der Waals surface area contributed by atoms with Crippen molar-refractivity contribution in [2.75, 3.05) is 11.9 Å². The van der Waals surface area contributed by atoms with Gasteiger partial charge in [0.05, 0.1) is 12.2 Å². The van der Waals surface area contributed by atoms with Crippen LogP contribution >= 0.6 is 0 Å². The molecule has 2 aromatic carbocycles. The molecule has 0 aliphatic carbocycles. The van der Waals surface area contributed by atoms with Gasteiger partial charge in [-0.25, -0.2) is 4.79 Å². The summed E-state index contributed by atoms with van der Waals surface area (Å²) in [4.78, 5) is 35.6. The quantitative estimate of drug-likeness (QED) is 0.564. The van der Waals surface area contributed by atoms with Crippen LogP contribution in [-0.2, 0) is 9.53 Å². The predicted molar refractivity (Wildman–Crippen MR) is 102 cm³/mol. The summed E-state index contributed by atoms with van der Waals surface area (Å²) in [6, 6.07) is 13.1. The Kier molecular flexibility index (Phi) is 7.11. The monoisotopic (exact) mass is 369 g/mol. The van der Waals surface area contributed by atoms with Gasteiger partial charge in [-0.1, -0.05) is 6.92 Å². The molecule has 0 fully saturated rings. The van der Waals surface area contributed by atoms with Crippen LogP contribution < -0.4 is 10.1 Å². The summed E-state index contributed by atoms with van der Waals surface area (Å²) in [6.45, 7) is 5.58. The highest BCUT2D eigenvalue weighted by Crippen LogP contribution is 2.15. The van der Waals surface area contributed by atoms with Crippen molar-refractivity contribution in [1.29, 1.82) is 0 Å². The van der Waals surface area contributed by atoms with Gasteiger partial charge >= 0.3 is 5.97 Å². The summed E-state index contributed by atoms with van der Waals surface area (Å²) in [7, 11) is 0. The third-order valence-electron chi connectivity index (χ3n) is 3.77. The number of rotatable bonds is 8. The van der Waals surface area contributed by atoms with Gasteiger partial charge < -0.3 is 14.8 Å². The number of hydrogen-bond acceptors (Lipinski definition) is 5. The van der Waals surface area contributed by atoms with Gasteiger partial charge in [0.25, 0.3) is 5.91 Å². The lowest BCUT2D eigenvalue weighted by molar-refractivity contribution is -0.123. The molecular formula is C21H23NO5. The minimum absolute atomic E-state index is 0.0544. The lowest BCUT2D eigenvalue weighted by Gasteiger charge is -2.14. The van der Waals surface area contributed by atoms with Crippen LogP contribution in [0.2, 0.25) is 0 Å². The van der Waals surface area contributed by atoms with E-state index in [4.69, 9.17) is 9.47 Å². The first-order valence-corrected chi connectivity index (χ1v) is 8.76. The molecular weight excluding hydrogens is 346 g/mol. The van der Waals surface area contributed by atoms with Crippen LogP contribution in [-0.4, -0.2) is 30.4 Å². The molecule has 1 atom stereocenters. The standard InChI is InChI=1S/C21H23NO5/c1-4-13-26-19-11-7-17(8-12-19)21(25)27-15(3)20(24)22-18-9-5-16(6-10-18)14(2)23/h5-12,15H,4,13H2,1-3H3,(H,22,24)/t15-/m0/s1. The summed E-state index contributed by atoms with van der Waals surface area (Å²) in [5, 5.41) is 2.65. The number of anilines is 1. The summed E-state index contributed by atoms with van der Waals surface area (Å²) in [5.41, 5.74) is 1.41. The number of Topliss-reactive ketones (excluding diaryl/α,β-unsaturated/α-hetero) is 1. The van der Waals surface area contributed by atoms with Gasteiger partial charge in [-0.3, -0.25) is 9.59 Å². The van der Waals surface area contributed by atoms with Crippen LogP contribution in [0.25, 0.3) is 0 Å². The molecule has 0 aromatic heterocycles. The average molecular weight is 369 g/mol. The number of hydrogen-bond donors (Lipinski definition) is 1. The number of nitrogens with one attached hydrogen (secondary N) is 1. The summed E-state index contributed by atoms with van der Waals surface area (Å²) < 4.78 is 10.7. The Morgan fingerprint density at radius 1 is 0.963 bits per heavy atom. The maximum Gasteiger partial charge on any atom is 0.338 e. The molecule has 6 nitrogen and oxygen atoms in total. The van der Waals surface area contributed by atoms with Crippen molar-refractivity contribution in [3.05, 3.63) is 59.7 Å². The van der Waals surface area contributed by atoms with Gasteiger partial charge in [-0.2, -0.15) is 0 Å². The van der Waals surface area contributed by atoms with E-state index in [-0.39, 0.29) is 5.78 Å². The molecule has 2 aromatic rings. The highest BCUT2D eigenvalue weighted by Gasteiger charge is 2.19. The van der Waals surface area contributed by atoms with Gasteiger partial charge in [-0.15, -0.1) is 0 Å². The molecule has 0 unspecified atom stereocenters. The maximum absolute atomic E-state index is 12.2. The third-order valence-corrected chi connectivity index (χ3v) is 3.77. The second kappa shape index (κ2) is 9.52. The smallest absolute Gasteiger partial charge is 0.338 e. The Bertz CT molecular complexity index is 796. The summed E-state index contributed by atoms with van der Waals surface area (Å²) in [6.07, 6.45) is -0.0746. The second-order valence-corrected chi connectivity index (χ2v) is 6.04. The topological polar surface area (TPSA) is 81.7 Å². The van der Waals surface area contributed by atoms with Gasteiger partial charge in [0.15, 0.2) is 11.9 Å². The lowest BCUT2D eigenvalue weighted by atomic mass is 10.1. The number of benzene rings is 2. The van der Waals surface area contributed by atoms with Crippen molar-refractivity contribution >= 4 is 23.3 Å². The van der Waals surface area contributed by atoms with Gasteiger partial charge in [0.1, 0.15) is 5.75 Å². The minimum atomic E-state index is -0.971. The molecule has 27 heavy (non-hydrogen) atoms. The van der Waals surface area contributed by atoms with E-state index in [1.165, 1.54) is 13.8 Å². The first-order chi connectivity index (χ1) is 12.9. The Labute approximate surface area is 158 Å². The summed E-state index contributed by atoms with van der Waals surface area (Å²) in [5.74, 6) is -0.428. The second-order valence-electron chi connectivity index (χ2n) is 6.04. The van der Waals surface area contributed by atoms with Crippen molar-refractivity contribution in [3.8, 4) is 5.75 Å². The molecule has 6 heteroatoms. The molecule has 142 valence electrons. The van der Waals surface area contributed by atoms with Crippen LogP contribution in [0.5, 0.6) is 5.75 Å². The molecule has 0 aliphatic heterocycles. The molecule has 0 heterocycles. The van der Waals surface area contributed by atoms with Crippen molar-refractivity contribution < 1.29 is 23.9 Å². The normalized spacial score (nSPS) is 11.4. The molecule has 0 radical (unpaired) electrons. The molecule has 1 N–H and O–H groups in total. The largest absolute Gasteiger partial charge is 0.494 e. The summed E-state index contributed by atoms with van der Waals surface area (Å²) >= 11 is 0. The molecule has 0 aliphatic rings. The molecule has 0 saturated carbocycles. The van der Waals surface area contributed by atoms with E-state index >= 15 is 0 Å². The number of amides is 1. The fourth-order valence-electron chi connectivity index (χ4n) is 2.22. The van der Waals surface area contributed by atoms with Crippen molar-refractivity contribution in [2.24, 2.45) is 0 Å². The molecule has 0 saturated heterocycles. The zero-order chi connectivity index (χ0) is 19.8. The van der Waals surface area contributed by atoms with Crippen LogP contribution in [0.1, 0.15) is 47.9 Å². The highest BCUT2D eigenvalue weighted by molar-refractivity contribution is 5.98. The van der Waals surface area contributed by atoms with Gasteiger partial charge in [-0.05, 0) is 68.8 Å². The maximum atomic E-state index is 12.2. The van der Waals surface area contributed by atoms with E-state index in [0.29, 0.717) is 29.2 Å². The first kappa shape index (κ1) is 20.2. The molecule has 2 rings (SSSR count). The Hall–Kier alpha value is -3.15. The minimum Gasteiger partial charge on any atom is -0.494 e. The fraction of sp³-hybridized carbons (Fsp3) is 0.286. The predicted octanol–water partition coefficient (Wildman–Crippen LogP) is 3.86. The molecule has 0 bridgehead atoms. The number of esters is 1. The van der Waals surface area contributed by atoms with E-state index in [1.807, 2.05) is 6.92 Å². The number of ether oxygens (including phenoxy) is 2. The SMILES string of the molecule is CCCOc1ccc(C(=O)O[C@@H](C)C(=O)Nc2ccc(C(C)=O)cc2)cc1. The van der Waals surface area contributed by atoms with E-state index in [0.717, 1.165) is 6.42 Å². The van der Waals surface area contributed by atoms with Crippen molar-refractivity contribution in [3.63, 3.8) is 0 Å². The van der Waals surface area contributed by atoms with Crippen molar-refractivity contribution in [1.82, 2.24) is 0 Å². The van der Waals surface area contributed by atoms with E-state index < -0.39 is 18.0 Å². The highest BCUT2D eigenvalue weighted by atomic mass is 16.5. The van der Waals surface area contributed by atoms with Crippen LogP contribution in [0.15, 0.2) is 48.5 Å². The van der Waals surface area contributed by atoms with Gasteiger partial charge in [0, 0.05) is 11.3 Å². The lowest BCUT2D eigenvalue weighted by Crippen LogP contribution is -2.30. The van der Waals surface area contributed by atoms with E-state index in [9.17, 15) is 14.4 Å². The van der Waals surface area contributed by atoms with E-state index in [1.54, 1.807) is 48.5 Å². The zero-order valence-corrected chi connectivity index (χ0v) is 15.7. The van der Waals surface area contributed by atoms with Gasteiger partial charge in [0.2, 0.25) is 0 Å². The Morgan fingerprint density at radius 3 is 2.11 bits per heavy atom. The third kappa shape index (κ3) is 5.95. The first-order valence-electron chi connectivity index (χ1n) is 8.76. The van der Waals surface area contributed by atoms with E-state index in [2.05, 4.69) is 5.32 Å². The van der Waals surface area contributed by atoms with Crippen LogP contribution in [0.4, 0.5) is 5.69 Å². The number of carbonyl (C=O) groups excluding carboxylic acids is 3. The number of ketones is 1. The average Bonchev–Trinajstić information content (AvgIpc) is 2.67. The fourth-order valence-corrected chi connectivity index (χ4v) is 2.22. The number of carbonyl (C=O) groups is 3. The molecule has 0 spiro atoms.